The number of pyridine rings is 1. The van der Waals surface area contributed by atoms with Gasteiger partial charge in [0.05, 0.1) is 35.4 Å². The van der Waals surface area contributed by atoms with Crippen LogP contribution in [-0.4, -0.2) is 83.5 Å². The largest absolute Gasteiger partial charge is 0.506 e. The van der Waals surface area contributed by atoms with Crippen LogP contribution >= 0.6 is 23.2 Å². The van der Waals surface area contributed by atoms with Crippen LogP contribution in [0.25, 0.3) is 0 Å². The van der Waals surface area contributed by atoms with Crippen molar-refractivity contribution < 1.29 is 24.2 Å². The number of morpholine rings is 1. The fourth-order valence-corrected chi connectivity index (χ4v) is 5.47. The highest BCUT2D eigenvalue weighted by Gasteiger charge is 2.30. The number of amides is 3. The van der Waals surface area contributed by atoms with Gasteiger partial charge in [0.2, 0.25) is 5.91 Å². The molecule has 2 aliphatic heterocycles. The molecule has 3 heterocycles. The van der Waals surface area contributed by atoms with Gasteiger partial charge in [0.25, 0.3) is 11.8 Å². The third-order valence-electron chi connectivity index (χ3n) is 7.43. The van der Waals surface area contributed by atoms with Gasteiger partial charge in [-0.15, -0.1) is 0 Å². The van der Waals surface area contributed by atoms with Crippen molar-refractivity contribution in [3.05, 3.63) is 81.5 Å². The lowest BCUT2D eigenvalue weighted by molar-refractivity contribution is -0.135. The lowest BCUT2D eigenvalue weighted by Gasteiger charge is -2.35. The maximum atomic E-state index is 13.3. The Bertz CT molecular complexity index is 1450. The van der Waals surface area contributed by atoms with Crippen molar-refractivity contribution in [2.45, 2.75) is 18.8 Å². The molecule has 2 saturated heterocycles. The van der Waals surface area contributed by atoms with Crippen molar-refractivity contribution >= 4 is 52.4 Å². The number of benzene rings is 2. The Hall–Kier alpha value is -3.70. The lowest BCUT2D eigenvalue weighted by atomic mass is 9.89. The molecule has 2 fully saturated rings. The fraction of sp³-hybridized carbons (Fsp3) is 0.333. The van der Waals surface area contributed by atoms with Gasteiger partial charge in [0, 0.05) is 55.6 Å². The maximum absolute atomic E-state index is 13.3. The molecule has 12 heteroatoms. The number of ether oxygens (including phenoxy) is 1. The van der Waals surface area contributed by atoms with E-state index in [2.05, 4.69) is 20.5 Å². The standard InChI is InChI=1S/C30H31Cl2N5O5/c31-21-7-8-26(33-18-21)34-29(40)24-16-22(32)17-25(38)27(24)35-28(39)20-5-3-19(4-6-20)23-2-1-9-37(30(23)41)11-10-36-12-14-42-15-13-36/h3-8,16-18,23,38H,1-2,9-15H2,(H,35,39)(H,33,34,40). The van der Waals surface area contributed by atoms with Gasteiger partial charge in [-0.3, -0.25) is 19.3 Å². The number of aromatic hydroxyl groups is 1. The van der Waals surface area contributed by atoms with Crippen LogP contribution in [0.5, 0.6) is 5.75 Å². The molecule has 2 aromatic carbocycles. The molecular formula is C30H31Cl2N5O5. The van der Waals surface area contributed by atoms with Crippen molar-refractivity contribution in [3.63, 3.8) is 0 Å². The summed E-state index contributed by atoms with van der Waals surface area (Å²) in [6, 6.07) is 12.5. The number of carbonyl (C=O) groups is 3. The normalized spacial score (nSPS) is 17.6. The van der Waals surface area contributed by atoms with E-state index in [9.17, 15) is 19.5 Å². The van der Waals surface area contributed by atoms with E-state index in [0.29, 0.717) is 17.1 Å². The molecule has 0 saturated carbocycles. The molecule has 3 aromatic rings. The number of nitrogens with zero attached hydrogens (tertiary/aromatic N) is 3. The van der Waals surface area contributed by atoms with Crippen LogP contribution in [0, 0.1) is 0 Å². The monoisotopic (exact) mass is 611 g/mol. The second-order valence-corrected chi connectivity index (χ2v) is 11.1. The third-order valence-corrected chi connectivity index (χ3v) is 7.87. The number of aromatic nitrogens is 1. The number of nitrogens with one attached hydrogen (secondary N) is 2. The smallest absolute Gasteiger partial charge is 0.259 e. The number of carbonyl (C=O) groups excluding carboxylic acids is 3. The SMILES string of the molecule is O=C(Nc1c(O)cc(Cl)cc1C(=O)Nc1ccc(Cl)cn1)c1ccc(C2CCCN(CCN3CCOCC3)C2=O)cc1. The topological polar surface area (TPSA) is 124 Å². The Morgan fingerprint density at radius 2 is 1.71 bits per heavy atom. The second kappa shape index (κ2) is 13.5. The highest BCUT2D eigenvalue weighted by molar-refractivity contribution is 6.32. The van der Waals surface area contributed by atoms with Crippen molar-refractivity contribution in [1.29, 1.82) is 0 Å². The van der Waals surface area contributed by atoms with Gasteiger partial charge in [-0.25, -0.2) is 4.98 Å². The summed E-state index contributed by atoms with van der Waals surface area (Å²) in [6.45, 7) is 5.48. The number of phenols is 1. The predicted octanol–water partition coefficient (Wildman–Crippen LogP) is 4.64. The molecule has 1 unspecified atom stereocenters. The molecule has 3 amide bonds. The number of rotatable bonds is 8. The van der Waals surface area contributed by atoms with Gasteiger partial charge in [0.15, 0.2) is 0 Å². The third kappa shape index (κ3) is 7.19. The predicted molar refractivity (Wildman–Crippen MR) is 161 cm³/mol. The van der Waals surface area contributed by atoms with Crippen molar-refractivity contribution in [2.24, 2.45) is 0 Å². The Balaban J connectivity index is 1.25. The zero-order valence-electron chi connectivity index (χ0n) is 22.8. The van der Waals surface area contributed by atoms with Gasteiger partial charge < -0.3 is 25.4 Å². The number of anilines is 2. The summed E-state index contributed by atoms with van der Waals surface area (Å²) in [5.74, 6) is -1.48. The van der Waals surface area contributed by atoms with Crippen LogP contribution < -0.4 is 10.6 Å². The van der Waals surface area contributed by atoms with Gasteiger partial charge in [0.1, 0.15) is 11.6 Å². The van der Waals surface area contributed by atoms with E-state index >= 15 is 0 Å². The molecule has 5 rings (SSSR count). The van der Waals surface area contributed by atoms with E-state index in [-0.39, 0.29) is 39.7 Å². The van der Waals surface area contributed by atoms with E-state index in [1.54, 1.807) is 30.3 Å². The van der Waals surface area contributed by atoms with E-state index in [4.69, 9.17) is 27.9 Å². The zero-order chi connectivity index (χ0) is 29.6. The first-order valence-corrected chi connectivity index (χ1v) is 14.5. The minimum absolute atomic E-state index is 0.0494. The zero-order valence-corrected chi connectivity index (χ0v) is 24.3. The molecule has 220 valence electrons. The molecule has 42 heavy (non-hydrogen) atoms. The summed E-state index contributed by atoms with van der Waals surface area (Å²) in [7, 11) is 0. The number of likely N-dealkylation sites (tertiary alicyclic amines) is 1. The molecule has 1 aromatic heterocycles. The maximum Gasteiger partial charge on any atom is 0.259 e. The van der Waals surface area contributed by atoms with Gasteiger partial charge in [-0.2, -0.15) is 0 Å². The van der Waals surface area contributed by atoms with Gasteiger partial charge in [-0.1, -0.05) is 35.3 Å². The van der Waals surface area contributed by atoms with Crippen LogP contribution in [0.4, 0.5) is 11.5 Å². The van der Waals surface area contributed by atoms with E-state index in [1.807, 2.05) is 4.90 Å². The molecule has 0 aliphatic carbocycles. The number of phenolic OH excluding ortho intramolecular Hbond substituents is 1. The minimum atomic E-state index is -0.637. The van der Waals surface area contributed by atoms with Crippen LogP contribution in [0.1, 0.15) is 45.0 Å². The van der Waals surface area contributed by atoms with E-state index in [0.717, 1.165) is 57.8 Å². The van der Waals surface area contributed by atoms with Crippen molar-refractivity contribution in [1.82, 2.24) is 14.8 Å². The quantitative estimate of drug-likeness (QED) is 0.317. The molecule has 3 N–H and O–H groups in total. The Morgan fingerprint density at radius 1 is 0.952 bits per heavy atom. The first kappa shape index (κ1) is 29.8. The van der Waals surface area contributed by atoms with Crippen LogP contribution in [0.3, 0.4) is 0 Å². The lowest BCUT2D eigenvalue weighted by Crippen LogP contribution is -2.46. The van der Waals surface area contributed by atoms with Crippen molar-refractivity contribution in [2.75, 3.05) is 56.6 Å². The summed E-state index contributed by atoms with van der Waals surface area (Å²) >= 11 is 11.9. The van der Waals surface area contributed by atoms with Gasteiger partial charge >= 0.3 is 0 Å². The van der Waals surface area contributed by atoms with Crippen LogP contribution in [0.15, 0.2) is 54.7 Å². The number of halogens is 2. The fourth-order valence-electron chi connectivity index (χ4n) is 5.15. The Labute approximate surface area is 253 Å². The number of hydrogen-bond donors (Lipinski definition) is 3. The van der Waals surface area contributed by atoms with Crippen LogP contribution in [-0.2, 0) is 9.53 Å². The summed E-state index contributed by atoms with van der Waals surface area (Å²) < 4.78 is 5.41. The number of hydrogen-bond acceptors (Lipinski definition) is 7. The molecule has 0 spiro atoms. The number of piperidine rings is 1. The van der Waals surface area contributed by atoms with Crippen molar-refractivity contribution in [3.8, 4) is 5.75 Å². The second-order valence-electron chi connectivity index (χ2n) is 10.2. The summed E-state index contributed by atoms with van der Waals surface area (Å²) in [4.78, 5) is 47.7. The minimum Gasteiger partial charge on any atom is -0.506 e. The molecule has 0 bridgehead atoms. The first-order valence-electron chi connectivity index (χ1n) is 13.7. The van der Waals surface area contributed by atoms with E-state index in [1.165, 1.54) is 24.4 Å². The molecule has 1 atom stereocenters. The highest BCUT2D eigenvalue weighted by Crippen LogP contribution is 2.33. The van der Waals surface area contributed by atoms with E-state index < -0.39 is 11.8 Å². The highest BCUT2D eigenvalue weighted by atomic mass is 35.5. The summed E-state index contributed by atoms with van der Waals surface area (Å²) in [6.07, 6.45) is 3.04. The van der Waals surface area contributed by atoms with Gasteiger partial charge in [-0.05, 0) is 48.7 Å². The summed E-state index contributed by atoms with van der Waals surface area (Å²) in [5, 5.41) is 16.3. The summed E-state index contributed by atoms with van der Waals surface area (Å²) in [5.41, 5.74) is 0.994. The molecule has 0 radical (unpaired) electrons. The van der Waals surface area contributed by atoms with Crippen LogP contribution in [0.2, 0.25) is 10.0 Å². The Morgan fingerprint density at radius 3 is 2.43 bits per heavy atom. The average molecular weight is 613 g/mol. The molecule has 2 aliphatic rings. The molecular weight excluding hydrogens is 581 g/mol. The Kier molecular flexibility index (Phi) is 9.58. The first-order chi connectivity index (χ1) is 20.3. The average Bonchev–Trinajstić information content (AvgIpc) is 2.99. The molecule has 10 nitrogen and oxygen atoms in total.